The van der Waals surface area contributed by atoms with E-state index in [1.165, 1.54) is 5.56 Å². The van der Waals surface area contributed by atoms with Crippen molar-refractivity contribution in [1.29, 1.82) is 0 Å². The number of carbonyl (C=O) groups is 1. The molecule has 0 amide bonds. The molecule has 0 aromatic heterocycles. The molecule has 1 aromatic carbocycles. The molecule has 0 aliphatic heterocycles. The van der Waals surface area contributed by atoms with Crippen LogP contribution in [-0.2, 0) is 4.79 Å². The third kappa shape index (κ3) is 2.63. The summed E-state index contributed by atoms with van der Waals surface area (Å²) in [6, 6.07) is 8.22. The van der Waals surface area contributed by atoms with Crippen LogP contribution in [-0.4, -0.2) is 18.7 Å². The third-order valence-electron chi connectivity index (χ3n) is 3.64. The van der Waals surface area contributed by atoms with Gasteiger partial charge in [0.1, 0.15) is 6.29 Å². The van der Waals surface area contributed by atoms with E-state index in [0.717, 1.165) is 31.2 Å². The first-order valence-corrected chi connectivity index (χ1v) is 6.56. The molecule has 3 heteroatoms. The normalized spacial score (nSPS) is 28.7. The van der Waals surface area contributed by atoms with E-state index in [9.17, 15) is 4.79 Å². The van der Waals surface area contributed by atoms with Gasteiger partial charge in [0.15, 0.2) is 0 Å². The highest BCUT2D eigenvalue weighted by Crippen LogP contribution is 2.41. The summed E-state index contributed by atoms with van der Waals surface area (Å²) < 4.78 is 0. The van der Waals surface area contributed by atoms with Crippen LogP contribution in [0.25, 0.3) is 0 Å². The lowest BCUT2D eigenvalue weighted by Gasteiger charge is -2.32. The SMILES string of the molecule is CNc1ccccc1[C@H]1CC[C@H](Cl)C[C@@H]1C=O. The Kier molecular flexibility index (Phi) is 4.06. The van der Waals surface area contributed by atoms with E-state index in [0.29, 0.717) is 5.92 Å². The average molecular weight is 252 g/mol. The molecule has 0 bridgehead atoms. The van der Waals surface area contributed by atoms with Crippen LogP contribution in [0.1, 0.15) is 30.7 Å². The van der Waals surface area contributed by atoms with Crippen molar-refractivity contribution < 1.29 is 4.79 Å². The lowest BCUT2D eigenvalue weighted by molar-refractivity contribution is -0.112. The number of aldehydes is 1. The van der Waals surface area contributed by atoms with Gasteiger partial charge in [0.25, 0.3) is 0 Å². The number of anilines is 1. The summed E-state index contributed by atoms with van der Waals surface area (Å²) in [5, 5.41) is 3.36. The lowest BCUT2D eigenvalue weighted by Crippen LogP contribution is -2.25. The number of rotatable bonds is 3. The van der Waals surface area contributed by atoms with Gasteiger partial charge < -0.3 is 10.1 Å². The number of para-hydroxylation sites is 1. The van der Waals surface area contributed by atoms with Crippen LogP contribution in [0.15, 0.2) is 24.3 Å². The van der Waals surface area contributed by atoms with Gasteiger partial charge in [-0.25, -0.2) is 0 Å². The van der Waals surface area contributed by atoms with Crippen molar-refractivity contribution in [2.45, 2.75) is 30.6 Å². The van der Waals surface area contributed by atoms with Crippen LogP contribution < -0.4 is 5.32 Å². The minimum absolute atomic E-state index is 0.0562. The Balaban J connectivity index is 2.28. The van der Waals surface area contributed by atoms with Crippen molar-refractivity contribution in [1.82, 2.24) is 0 Å². The maximum Gasteiger partial charge on any atom is 0.123 e. The number of alkyl halides is 1. The Hall–Kier alpha value is -1.02. The highest BCUT2D eigenvalue weighted by atomic mass is 35.5. The standard InChI is InChI=1S/C14H18ClNO/c1-16-14-5-3-2-4-13(14)12-7-6-11(15)8-10(12)9-17/h2-5,9-12,16H,6-8H2,1H3/t10-,11+,12+/m1/s1. The molecule has 1 aliphatic carbocycles. The zero-order valence-corrected chi connectivity index (χ0v) is 10.8. The van der Waals surface area contributed by atoms with Crippen molar-refractivity contribution in [2.75, 3.05) is 12.4 Å². The molecular weight excluding hydrogens is 234 g/mol. The van der Waals surface area contributed by atoms with Crippen LogP contribution in [0.5, 0.6) is 0 Å². The second-order valence-electron chi connectivity index (χ2n) is 4.65. The van der Waals surface area contributed by atoms with Gasteiger partial charge in [-0.1, -0.05) is 18.2 Å². The zero-order chi connectivity index (χ0) is 12.3. The summed E-state index contributed by atoms with van der Waals surface area (Å²) in [6.07, 6.45) is 3.87. The van der Waals surface area contributed by atoms with Crippen LogP contribution >= 0.6 is 11.6 Å². The second-order valence-corrected chi connectivity index (χ2v) is 5.27. The molecule has 2 rings (SSSR count). The monoisotopic (exact) mass is 251 g/mol. The molecule has 92 valence electrons. The van der Waals surface area contributed by atoms with Gasteiger partial charge in [0, 0.05) is 24.0 Å². The van der Waals surface area contributed by atoms with Gasteiger partial charge in [-0.2, -0.15) is 0 Å². The van der Waals surface area contributed by atoms with Crippen molar-refractivity contribution in [2.24, 2.45) is 5.92 Å². The molecule has 2 nitrogen and oxygen atoms in total. The van der Waals surface area contributed by atoms with E-state index in [4.69, 9.17) is 11.6 Å². The number of nitrogens with one attached hydrogen (secondary N) is 1. The van der Waals surface area contributed by atoms with Crippen LogP contribution in [0, 0.1) is 5.92 Å². The quantitative estimate of drug-likeness (QED) is 0.659. The van der Waals surface area contributed by atoms with Crippen molar-refractivity contribution >= 4 is 23.6 Å². The fourth-order valence-corrected chi connectivity index (χ4v) is 3.07. The highest BCUT2D eigenvalue weighted by molar-refractivity contribution is 6.20. The maximum absolute atomic E-state index is 11.2. The molecular formula is C14H18ClNO. The average Bonchev–Trinajstić information content (AvgIpc) is 2.38. The summed E-state index contributed by atoms with van der Waals surface area (Å²) in [5.74, 6) is 0.367. The third-order valence-corrected chi connectivity index (χ3v) is 4.04. The number of benzene rings is 1. The Morgan fingerprint density at radius 1 is 1.35 bits per heavy atom. The van der Waals surface area contributed by atoms with Crippen LogP contribution in [0.2, 0.25) is 0 Å². The minimum Gasteiger partial charge on any atom is -0.388 e. The van der Waals surface area contributed by atoms with E-state index in [-0.39, 0.29) is 11.3 Å². The number of halogens is 1. The Bertz CT molecular complexity index is 394. The lowest BCUT2D eigenvalue weighted by atomic mass is 9.75. The second kappa shape index (κ2) is 5.54. The molecule has 0 unspecified atom stereocenters. The predicted molar refractivity (Wildman–Crippen MR) is 71.8 cm³/mol. The Morgan fingerprint density at radius 3 is 2.82 bits per heavy atom. The van der Waals surface area contributed by atoms with Crippen molar-refractivity contribution in [3.63, 3.8) is 0 Å². The molecule has 0 radical (unpaired) electrons. The van der Waals surface area contributed by atoms with Gasteiger partial charge in [0.2, 0.25) is 0 Å². The van der Waals surface area contributed by atoms with Gasteiger partial charge in [0.05, 0.1) is 0 Å². The van der Waals surface area contributed by atoms with E-state index < -0.39 is 0 Å². The molecule has 17 heavy (non-hydrogen) atoms. The highest BCUT2D eigenvalue weighted by Gasteiger charge is 2.31. The molecule has 1 aliphatic rings. The summed E-state index contributed by atoms with van der Waals surface area (Å²) in [6.45, 7) is 0. The molecule has 0 spiro atoms. The van der Waals surface area contributed by atoms with Crippen molar-refractivity contribution in [3.8, 4) is 0 Å². The summed E-state index contributed by atoms with van der Waals surface area (Å²) in [4.78, 5) is 11.2. The smallest absolute Gasteiger partial charge is 0.123 e. The van der Waals surface area contributed by atoms with Crippen LogP contribution in [0.3, 0.4) is 0 Å². The zero-order valence-electron chi connectivity index (χ0n) is 10.0. The summed E-state index contributed by atoms with van der Waals surface area (Å²) in [5.41, 5.74) is 2.37. The van der Waals surface area contributed by atoms with Gasteiger partial charge >= 0.3 is 0 Å². The van der Waals surface area contributed by atoms with E-state index >= 15 is 0 Å². The molecule has 3 atom stereocenters. The Labute approximate surface area is 107 Å². The summed E-state index contributed by atoms with van der Waals surface area (Å²) >= 11 is 6.14. The Morgan fingerprint density at radius 2 is 2.12 bits per heavy atom. The number of hydrogen-bond acceptors (Lipinski definition) is 2. The number of carbonyl (C=O) groups excluding carboxylic acids is 1. The summed E-state index contributed by atoms with van der Waals surface area (Å²) in [7, 11) is 1.92. The van der Waals surface area contributed by atoms with Gasteiger partial charge in [-0.15, -0.1) is 11.6 Å². The van der Waals surface area contributed by atoms with Gasteiger partial charge in [-0.05, 0) is 36.8 Å². The van der Waals surface area contributed by atoms with Crippen molar-refractivity contribution in [3.05, 3.63) is 29.8 Å². The maximum atomic E-state index is 11.2. The molecule has 1 fully saturated rings. The molecule has 1 aromatic rings. The first kappa shape index (κ1) is 12.4. The molecule has 1 N–H and O–H groups in total. The van der Waals surface area contributed by atoms with E-state index in [2.05, 4.69) is 17.4 Å². The fourth-order valence-electron chi connectivity index (χ4n) is 2.74. The number of hydrogen-bond donors (Lipinski definition) is 1. The van der Waals surface area contributed by atoms with Gasteiger partial charge in [-0.3, -0.25) is 0 Å². The van der Waals surface area contributed by atoms with E-state index in [1.54, 1.807) is 0 Å². The topological polar surface area (TPSA) is 29.1 Å². The molecule has 0 saturated heterocycles. The first-order chi connectivity index (χ1) is 8.26. The molecule has 0 heterocycles. The predicted octanol–water partition coefficient (Wildman–Crippen LogP) is 3.42. The minimum atomic E-state index is 0.0562. The van der Waals surface area contributed by atoms with Crippen LogP contribution in [0.4, 0.5) is 5.69 Å². The van der Waals surface area contributed by atoms with E-state index in [1.807, 2.05) is 19.2 Å². The first-order valence-electron chi connectivity index (χ1n) is 6.12. The molecule has 1 saturated carbocycles. The fraction of sp³-hybridized carbons (Fsp3) is 0.500. The largest absolute Gasteiger partial charge is 0.388 e.